The second-order valence-corrected chi connectivity index (χ2v) is 5.73. The average molecular weight is 319 g/mol. The second-order valence-electron chi connectivity index (χ2n) is 5.73. The van der Waals surface area contributed by atoms with Crippen LogP contribution in [0.5, 0.6) is 0 Å². The van der Waals surface area contributed by atoms with E-state index in [0.717, 1.165) is 11.3 Å². The van der Waals surface area contributed by atoms with Gasteiger partial charge in [0.15, 0.2) is 0 Å². The minimum absolute atomic E-state index is 0.431. The SMILES string of the molecule is C/C(=N/N(C)c1nn[nH]n1)c1ccc2c(c1)c1ccccc1n2C. The molecule has 0 aliphatic rings. The molecule has 0 bridgehead atoms. The van der Waals surface area contributed by atoms with Crippen LogP contribution in [0.4, 0.5) is 5.95 Å². The van der Waals surface area contributed by atoms with Crippen LogP contribution in [-0.4, -0.2) is 38.0 Å². The number of nitrogens with one attached hydrogen (secondary N) is 1. The van der Waals surface area contributed by atoms with Crippen molar-refractivity contribution < 1.29 is 0 Å². The summed E-state index contributed by atoms with van der Waals surface area (Å²) in [7, 11) is 3.89. The lowest BCUT2D eigenvalue weighted by Gasteiger charge is -2.09. The van der Waals surface area contributed by atoms with Crippen LogP contribution < -0.4 is 5.01 Å². The number of anilines is 1. The van der Waals surface area contributed by atoms with Crippen molar-refractivity contribution in [3.63, 3.8) is 0 Å². The Hall–Kier alpha value is -3.22. The molecule has 7 nitrogen and oxygen atoms in total. The summed E-state index contributed by atoms with van der Waals surface area (Å²) in [5.74, 6) is 0.431. The van der Waals surface area contributed by atoms with E-state index in [1.807, 2.05) is 6.92 Å². The predicted octanol–water partition coefficient (Wildman–Crippen LogP) is 2.71. The van der Waals surface area contributed by atoms with Crippen LogP contribution in [0.1, 0.15) is 12.5 Å². The molecule has 0 aliphatic carbocycles. The van der Waals surface area contributed by atoms with Gasteiger partial charge in [0.2, 0.25) is 0 Å². The number of hydrogen-bond donors (Lipinski definition) is 1. The van der Waals surface area contributed by atoms with Crippen molar-refractivity contribution in [3.8, 4) is 0 Å². The van der Waals surface area contributed by atoms with Crippen LogP contribution in [0, 0.1) is 0 Å². The summed E-state index contributed by atoms with van der Waals surface area (Å²) in [5, 5.41) is 22.4. The van der Waals surface area contributed by atoms with Gasteiger partial charge in [-0.3, -0.25) is 0 Å². The Labute approximate surface area is 138 Å². The molecule has 0 aliphatic heterocycles. The smallest absolute Gasteiger partial charge is 0.285 e. The van der Waals surface area contributed by atoms with Gasteiger partial charge in [0.25, 0.3) is 5.95 Å². The maximum atomic E-state index is 4.54. The molecule has 0 fully saturated rings. The van der Waals surface area contributed by atoms with Crippen LogP contribution in [0.25, 0.3) is 21.8 Å². The maximum absolute atomic E-state index is 4.54. The zero-order valence-corrected chi connectivity index (χ0v) is 13.7. The highest BCUT2D eigenvalue weighted by Crippen LogP contribution is 2.28. The first-order chi connectivity index (χ1) is 11.6. The normalized spacial score (nSPS) is 12.2. The number of para-hydroxylation sites is 1. The fourth-order valence-corrected chi connectivity index (χ4v) is 3.01. The number of aryl methyl sites for hydroxylation is 1. The van der Waals surface area contributed by atoms with Crippen molar-refractivity contribution in [1.29, 1.82) is 0 Å². The summed E-state index contributed by atoms with van der Waals surface area (Å²) in [4.78, 5) is 0. The van der Waals surface area contributed by atoms with E-state index in [9.17, 15) is 0 Å². The van der Waals surface area contributed by atoms with Crippen LogP contribution in [0.3, 0.4) is 0 Å². The number of aromatic nitrogens is 5. The molecule has 24 heavy (non-hydrogen) atoms. The van der Waals surface area contributed by atoms with Crippen molar-refractivity contribution in [2.45, 2.75) is 6.92 Å². The molecule has 7 heteroatoms. The third-order valence-electron chi connectivity index (χ3n) is 4.25. The van der Waals surface area contributed by atoms with Crippen LogP contribution in [0.15, 0.2) is 47.6 Å². The first kappa shape index (κ1) is 14.4. The fourth-order valence-electron chi connectivity index (χ4n) is 3.01. The molecule has 0 amide bonds. The van der Waals surface area contributed by atoms with E-state index >= 15 is 0 Å². The van der Waals surface area contributed by atoms with Gasteiger partial charge in [0.1, 0.15) is 0 Å². The number of nitrogens with zero attached hydrogens (tertiary/aromatic N) is 6. The number of rotatable bonds is 3. The third-order valence-corrected chi connectivity index (χ3v) is 4.25. The van der Waals surface area contributed by atoms with Crippen LogP contribution in [-0.2, 0) is 7.05 Å². The zero-order chi connectivity index (χ0) is 16.7. The number of fused-ring (bicyclic) bond motifs is 3. The minimum Gasteiger partial charge on any atom is -0.344 e. The molecule has 2 aromatic carbocycles. The summed E-state index contributed by atoms with van der Waals surface area (Å²) in [6.07, 6.45) is 0. The van der Waals surface area contributed by atoms with Crippen LogP contribution in [0.2, 0.25) is 0 Å². The molecule has 0 saturated heterocycles. The van der Waals surface area contributed by atoms with E-state index in [-0.39, 0.29) is 0 Å². The number of aromatic amines is 1. The third kappa shape index (κ3) is 2.21. The van der Waals surface area contributed by atoms with Crippen LogP contribution >= 0.6 is 0 Å². The maximum Gasteiger partial charge on any atom is 0.285 e. The van der Waals surface area contributed by atoms with E-state index in [2.05, 4.69) is 79.8 Å². The van der Waals surface area contributed by atoms with Gasteiger partial charge in [0, 0.05) is 35.9 Å². The number of hydrogen-bond acceptors (Lipinski definition) is 5. The summed E-state index contributed by atoms with van der Waals surface area (Å²) < 4.78 is 2.21. The minimum atomic E-state index is 0.431. The summed E-state index contributed by atoms with van der Waals surface area (Å²) >= 11 is 0. The van der Waals surface area contributed by atoms with Gasteiger partial charge in [-0.25, -0.2) is 5.01 Å². The molecule has 120 valence electrons. The molecule has 2 heterocycles. The topological polar surface area (TPSA) is 75.0 Å². The molecular weight excluding hydrogens is 302 g/mol. The van der Waals surface area contributed by atoms with Crippen molar-refractivity contribution in [2.75, 3.05) is 12.1 Å². The van der Waals surface area contributed by atoms with E-state index in [1.54, 1.807) is 12.1 Å². The van der Waals surface area contributed by atoms with Crippen molar-refractivity contribution in [2.24, 2.45) is 12.1 Å². The van der Waals surface area contributed by atoms with E-state index < -0.39 is 0 Å². The first-order valence-corrected chi connectivity index (χ1v) is 7.65. The molecule has 1 N–H and O–H groups in total. The molecule has 0 unspecified atom stereocenters. The molecule has 4 rings (SSSR count). The van der Waals surface area contributed by atoms with E-state index in [0.29, 0.717) is 5.95 Å². The van der Waals surface area contributed by atoms with E-state index in [1.165, 1.54) is 21.8 Å². The van der Waals surface area contributed by atoms with Gasteiger partial charge in [-0.2, -0.15) is 10.3 Å². The first-order valence-electron chi connectivity index (χ1n) is 7.65. The summed E-state index contributed by atoms with van der Waals surface area (Å²) in [6.45, 7) is 1.98. The lowest BCUT2D eigenvalue weighted by Crippen LogP contribution is -2.13. The van der Waals surface area contributed by atoms with Crippen molar-refractivity contribution in [3.05, 3.63) is 48.0 Å². The zero-order valence-electron chi connectivity index (χ0n) is 13.7. The Morgan fingerprint density at radius 2 is 1.92 bits per heavy atom. The highest BCUT2D eigenvalue weighted by molar-refractivity contribution is 6.11. The molecule has 0 radical (unpaired) electrons. The van der Waals surface area contributed by atoms with E-state index in [4.69, 9.17) is 0 Å². The standard InChI is InChI=1S/C17H17N7/c1-11(20-24(3)17-18-21-22-19-17)12-8-9-16-14(10-12)13-6-4-5-7-15(13)23(16)2/h4-10H,1-3H3,(H,18,19,21,22)/b20-11-. The fraction of sp³-hybridized carbons (Fsp3) is 0.176. The van der Waals surface area contributed by atoms with Gasteiger partial charge >= 0.3 is 0 Å². The van der Waals surface area contributed by atoms with Crippen molar-refractivity contribution in [1.82, 2.24) is 25.2 Å². The number of benzene rings is 2. The highest BCUT2D eigenvalue weighted by Gasteiger charge is 2.10. The molecule has 0 atom stereocenters. The Kier molecular flexibility index (Phi) is 3.26. The van der Waals surface area contributed by atoms with Crippen molar-refractivity contribution >= 4 is 33.5 Å². The molecule has 4 aromatic rings. The highest BCUT2D eigenvalue weighted by atomic mass is 15.6. The molecular formula is C17H17N7. The second kappa shape index (κ2) is 5.45. The monoisotopic (exact) mass is 319 g/mol. The molecule has 2 aromatic heterocycles. The van der Waals surface area contributed by atoms with Gasteiger partial charge < -0.3 is 4.57 Å². The number of hydrazone groups is 1. The van der Waals surface area contributed by atoms with Gasteiger partial charge in [-0.15, -0.1) is 5.10 Å². The lowest BCUT2D eigenvalue weighted by molar-refractivity contribution is 0.881. The van der Waals surface area contributed by atoms with Gasteiger partial charge in [-0.05, 0) is 35.9 Å². The Balaban J connectivity index is 1.81. The quantitative estimate of drug-likeness (QED) is 0.465. The number of H-pyrrole nitrogens is 1. The summed E-state index contributed by atoms with van der Waals surface area (Å²) in [6, 6.07) is 14.8. The van der Waals surface area contributed by atoms with Gasteiger partial charge in [0.05, 0.1) is 5.71 Å². The molecule has 0 saturated carbocycles. The van der Waals surface area contributed by atoms with Gasteiger partial charge in [-0.1, -0.05) is 29.4 Å². The number of tetrazole rings is 1. The predicted molar refractivity (Wildman–Crippen MR) is 95.2 cm³/mol. The largest absolute Gasteiger partial charge is 0.344 e. The Morgan fingerprint density at radius 3 is 2.71 bits per heavy atom. The lowest BCUT2D eigenvalue weighted by atomic mass is 10.1. The Morgan fingerprint density at radius 1 is 1.12 bits per heavy atom. The summed E-state index contributed by atoms with van der Waals surface area (Å²) in [5.41, 5.74) is 4.38. The Bertz CT molecular complexity index is 1040. The average Bonchev–Trinajstić information content (AvgIpc) is 3.23. The molecule has 0 spiro atoms.